The van der Waals surface area contributed by atoms with E-state index in [9.17, 15) is 14.9 Å². The molecule has 0 spiro atoms. The van der Waals surface area contributed by atoms with Gasteiger partial charge in [0.05, 0.1) is 10.6 Å². The zero-order valence-electron chi connectivity index (χ0n) is 12.6. The van der Waals surface area contributed by atoms with Crippen LogP contribution in [0.2, 0.25) is 0 Å². The third kappa shape index (κ3) is 4.96. The first-order valence-corrected chi connectivity index (χ1v) is 6.95. The van der Waals surface area contributed by atoms with Crippen LogP contribution in [0.5, 0.6) is 0 Å². The number of ether oxygens (including phenoxy) is 1. The third-order valence-electron chi connectivity index (χ3n) is 3.12. The molecule has 1 amide bonds. The molecule has 0 saturated carbocycles. The van der Waals surface area contributed by atoms with Crippen LogP contribution in [0.3, 0.4) is 0 Å². The van der Waals surface area contributed by atoms with Gasteiger partial charge in [0.1, 0.15) is 6.61 Å². The summed E-state index contributed by atoms with van der Waals surface area (Å²) in [5.41, 5.74) is 2.69. The standard InChI is InChI=1S/C17H16N2O4/c1-13-6-5-9-15(10-11-19(21)22)16(13)18-17(20)23-12-14-7-3-2-4-8-14/h2-11H,12H2,1H3,(H,18,20)/b11-10+. The van der Waals surface area contributed by atoms with Gasteiger partial charge in [-0.25, -0.2) is 4.79 Å². The number of hydrogen-bond acceptors (Lipinski definition) is 4. The summed E-state index contributed by atoms with van der Waals surface area (Å²) in [5, 5.41) is 13.1. The van der Waals surface area contributed by atoms with Crippen molar-refractivity contribution in [2.45, 2.75) is 13.5 Å². The zero-order valence-corrected chi connectivity index (χ0v) is 12.6. The molecule has 0 saturated heterocycles. The predicted octanol–water partition coefficient (Wildman–Crippen LogP) is 3.99. The minimum atomic E-state index is -0.612. The van der Waals surface area contributed by atoms with Crippen LogP contribution in [-0.4, -0.2) is 11.0 Å². The number of aryl methyl sites for hydroxylation is 1. The van der Waals surface area contributed by atoms with Gasteiger partial charge in [0.25, 0.3) is 0 Å². The molecule has 118 valence electrons. The van der Waals surface area contributed by atoms with Crippen molar-refractivity contribution in [1.29, 1.82) is 0 Å². The molecule has 0 fully saturated rings. The highest BCUT2D eigenvalue weighted by molar-refractivity contribution is 5.89. The predicted molar refractivity (Wildman–Crippen MR) is 87.5 cm³/mol. The van der Waals surface area contributed by atoms with Crippen LogP contribution >= 0.6 is 0 Å². The number of nitro groups is 1. The minimum Gasteiger partial charge on any atom is -0.444 e. The molecule has 0 aliphatic heterocycles. The second-order valence-electron chi connectivity index (χ2n) is 4.83. The number of hydrogen-bond donors (Lipinski definition) is 1. The highest BCUT2D eigenvalue weighted by atomic mass is 16.6. The van der Waals surface area contributed by atoms with Crippen molar-refractivity contribution in [3.8, 4) is 0 Å². The van der Waals surface area contributed by atoms with Crippen LogP contribution in [0, 0.1) is 17.0 Å². The van der Waals surface area contributed by atoms with Crippen LogP contribution in [0.4, 0.5) is 10.5 Å². The quantitative estimate of drug-likeness (QED) is 0.668. The minimum absolute atomic E-state index is 0.151. The Morgan fingerprint density at radius 2 is 1.96 bits per heavy atom. The molecular formula is C17H16N2O4. The van der Waals surface area contributed by atoms with E-state index in [1.807, 2.05) is 30.3 Å². The molecule has 0 aromatic heterocycles. The van der Waals surface area contributed by atoms with Crippen molar-refractivity contribution in [1.82, 2.24) is 0 Å². The molecule has 0 bridgehead atoms. The Morgan fingerprint density at radius 1 is 1.22 bits per heavy atom. The first-order chi connectivity index (χ1) is 11.1. The largest absolute Gasteiger partial charge is 0.444 e. The summed E-state index contributed by atoms with van der Waals surface area (Å²) in [4.78, 5) is 21.8. The van der Waals surface area contributed by atoms with Crippen LogP contribution in [0.1, 0.15) is 16.7 Å². The maximum Gasteiger partial charge on any atom is 0.411 e. The zero-order chi connectivity index (χ0) is 16.7. The van der Waals surface area contributed by atoms with Gasteiger partial charge < -0.3 is 4.74 Å². The van der Waals surface area contributed by atoms with E-state index >= 15 is 0 Å². The fourth-order valence-electron chi connectivity index (χ4n) is 2.00. The molecule has 1 N–H and O–H groups in total. The summed E-state index contributed by atoms with van der Waals surface area (Å²) in [6.45, 7) is 1.95. The van der Waals surface area contributed by atoms with Gasteiger partial charge in [-0.1, -0.05) is 48.5 Å². The summed E-state index contributed by atoms with van der Waals surface area (Å²) in [6.07, 6.45) is 1.55. The smallest absolute Gasteiger partial charge is 0.411 e. The van der Waals surface area contributed by atoms with Crippen molar-refractivity contribution in [2.75, 3.05) is 5.32 Å². The van der Waals surface area contributed by atoms with Crippen molar-refractivity contribution < 1.29 is 14.5 Å². The molecule has 0 atom stereocenters. The average molecular weight is 312 g/mol. The SMILES string of the molecule is Cc1cccc(/C=C/[N+](=O)[O-])c1NC(=O)OCc1ccccc1. The van der Waals surface area contributed by atoms with Crippen molar-refractivity contribution in [3.05, 3.63) is 81.5 Å². The van der Waals surface area contributed by atoms with Crippen molar-refractivity contribution >= 4 is 17.9 Å². The van der Waals surface area contributed by atoms with Gasteiger partial charge >= 0.3 is 6.09 Å². The molecule has 2 aromatic rings. The number of benzene rings is 2. The van der Waals surface area contributed by atoms with E-state index in [1.165, 1.54) is 6.08 Å². The van der Waals surface area contributed by atoms with E-state index in [4.69, 9.17) is 4.74 Å². The van der Waals surface area contributed by atoms with E-state index in [0.717, 1.165) is 17.3 Å². The Morgan fingerprint density at radius 3 is 2.65 bits per heavy atom. The summed E-state index contributed by atoms with van der Waals surface area (Å²) in [5.74, 6) is 0. The van der Waals surface area contributed by atoms with Crippen LogP contribution < -0.4 is 5.32 Å². The van der Waals surface area contributed by atoms with Gasteiger partial charge in [-0.15, -0.1) is 0 Å². The summed E-state index contributed by atoms with van der Waals surface area (Å²) < 4.78 is 5.16. The van der Waals surface area contributed by atoms with Crippen molar-refractivity contribution in [2.24, 2.45) is 0 Å². The van der Waals surface area contributed by atoms with E-state index < -0.39 is 11.0 Å². The number of anilines is 1. The van der Waals surface area contributed by atoms with Gasteiger partial charge in [0.15, 0.2) is 0 Å². The van der Waals surface area contributed by atoms with Gasteiger partial charge in [-0.3, -0.25) is 15.4 Å². The molecular weight excluding hydrogens is 296 g/mol. The fourth-order valence-corrected chi connectivity index (χ4v) is 2.00. The number of carbonyl (C=O) groups is 1. The number of rotatable bonds is 5. The molecule has 0 heterocycles. The van der Waals surface area contributed by atoms with Gasteiger partial charge in [-0.05, 0) is 18.1 Å². The van der Waals surface area contributed by atoms with Crippen LogP contribution in [0.25, 0.3) is 6.08 Å². The summed E-state index contributed by atoms with van der Waals surface area (Å²) >= 11 is 0. The molecule has 0 radical (unpaired) electrons. The van der Waals surface area contributed by atoms with Gasteiger partial charge in [0.2, 0.25) is 6.20 Å². The van der Waals surface area contributed by atoms with Crippen LogP contribution in [-0.2, 0) is 11.3 Å². The number of nitrogens with zero attached hydrogens (tertiary/aromatic N) is 1. The Bertz CT molecular complexity index is 727. The fraction of sp³-hybridized carbons (Fsp3) is 0.118. The van der Waals surface area contributed by atoms with Gasteiger partial charge in [0, 0.05) is 11.6 Å². The number of amides is 1. The Labute approximate surface area is 133 Å². The number of para-hydroxylation sites is 1. The molecule has 2 rings (SSSR count). The van der Waals surface area contributed by atoms with Gasteiger partial charge in [-0.2, -0.15) is 0 Å². The van der Waals surface area contributed by atoms with E-state index in [2.05, 4.69) is 5.32 Å². The van der Waals surface area contributed by atoms with Crippen molar-refractivity contribution in [3.63, 3.8) is 0 Å². The lowest BCUT2D eigenvalue weighted by molar-refractivity contribution is -0.400. The second kappa shape index (κ2) is 7.74. The van der Waals surface area contributed by atoms with E-state index in [0.29, 0.717) is 11.3 Å². The highest BCUT2D eigenvalue weighted by Crippen LogP contribution is 2.22. The topological polar surface area (TPSA) is 81.5 Å². The normalized spacial score (nSPS) is 10.5. The third-order valence-corrected chi connectivity index (χ3v) is 3.12. The average Bonchev–Trinajstić information content (AvgIpc) is 2.54. The first-order valence-electron chi connectivity index (χ1n) is 6.95. The first kappa shape index (κ1) is 16.2. The molecule has 6 nitrogen and oxygen atoms in total. The van der Waals surface area contributed by atoms with Crippen LogP contribution in [0.15, 0.2) is 54.7 Å². The maximum absolute atomic E-state index is 11.9. The molecule has 0 aliphatic rings. The monoisotopic (exact) mass is 312 g/mol. The lowest BCUT2D eigenvalue weighted by Crippen LogP contribution is -2.15. The Kier molecular flexibility index (Phi) is 5.46. The molecule has 0 aliphatic carbocycles. The highest BCUT2D eigenvalue weighted by Gasteiger charge is 2.10. The lowest BCUT2D eigenvalue weighted by Gasteiger charge is -2.12. The van der Waals surface area contributed by atoms with E-state index in [-0.39, 0.29) is 6.61 Å². The molecule has 0 unspecified atom stereocenters. The summed E-state index contributed by atoms with van der Waals surface area (Å²) in [7, 11) is 0. The number of nitrogens with one attached hydrogen (secondary N) is 1. The van der Waals surface area contributed by atoms with E-state index in [1.54, 1.807) is 25.1 Å². The number of carbonyl (C=O) groups excluding carboxylic acids is 1. The molecule has 23 heavy (non-hydrogen) atoms. The Hall–Kier alpha value is -3.15. The second-order valence-corrected chi connectivity index (χ2v) is 4.83. The molecule has 6 heteroatoms. The lowest BCUT2D eigenvalue weighted by atomic mass is 10.1. The molecule has 2 aromatic carbocycles. The Balaban J connectivity index is 2.06. The summed E-state index contributed by atoms with van der Waals surface area (Å²) in [6, 6.07) is 14.5. The maximum atomic E-state index is 11.9.